The van der Waals surface area contributed by atoms with Gasteiger partial charge < -0.3 is 13.9 Å². The number of rotatable bonds is 3. The maximum absolute atomic E-state index is 9.55. The molecule has 3 heterocycles. The zero-order valence-electron chi connectivity index (χ0n) is 8.94. The Hall–Kier alpha value is -2.90. The van der Waals surface area contributed by atoms with Crippen LogP contribution in [-0.2, 0) is 0 Å². The van der Waals surface area contributed by atoms with E-state index in [4.69, 9.17) is 8.83 Å². The molecule has 0 atom stereocenters. The number of aromatic hydroxyl groups is 1. The first-order chi connectivity index (χ1) is 8.83. The highest BCUT2D eigenvalue weighted by atomic mass is 16.5. The van der Waals surface area contributed by atoms with Crippen LogP contribution in [0, 0.1) is 0 Å². The molecular formula is C10H7N5O3. The Morgan fingerprint density at radius 2 is 2.39 bits per heavy atom. The van der Waals surface area contributed by atoms with E-state index in [2.05, 4.69) is 25.2 Å². The van der Waals surface area contributed by atoms with E-state index in [0.717, 1.165) is 0 Å². The van der Waals surface area contributed by atoms with Crippen molar-refractivity contribution in [3.63, 3.8) is 0 Å². The van der Waals surface area contributed by atoms with Gasteiger partial charge in [-0.3, -0.25) is 0 Å². The van der Waals surface area contributed by atoms with Crippen LogP contribution in [0.1, 0.15) is 5.69 Å². The molecule has 0 bridgehead atoms. The average molecular weight is 245 g/mol. The zero-order chi connectivity index (χ0) is 12.4. The van der Waals surface area contributed by atoms with Crippen LogP contribution in [0.2, 0.25) is 0 Å². The lowest BCUT2D eigenvalue weighted by Gasteiger charge is -1.83. The minimum Gasteiger partial charge on any atom is -0.479 e. The van der Waals surface area contributed by atoms with E-state index >= 15 is 0 Å². The van der Waals surface area contributed by atoms with Crippen LogP contribution >= 0.6 is 0 Å². The van der Waals surface area contributed by atoms with Gasteiger partial charge in [0.05, 0.1) is 12.5 Å². The van der Waals surface area contributed by atoms with Gasteiger partial charge in [-0.2, -0.15) is 10.1 Å². The van der Waals surface area contributed by atoms with Crippen LogP contribution < -0.4 is 0 Å². The summed E-state index contributed by atoms with van der Waals surface area (Å²) < 4.78 is 10.1. The van der Waals surface area contributed by atoms with E-state index < -0.39 is 0 Å². The van der Waals surface area contributed by atoms with Gasteiger partial charge in [-0.15, -0.1) is 0 Å². The number of nitrogens with one attached hydrogen (secondary N) is 1. The number of aromatic amines is 1. The SMILES string of the molecule is Oc1oc(-c2ccco2)nc1C=Nc1ncn[nH]1. The van der Waals surface area contributed by atoms with Crippen molar-refractivity contribution in [3.05, 3.63) is 30.4 Å². The van der Waals surface area contributed by atoms with Crippen LogP contribution in [0.5, 0.6) is 5.95 Å². The normalized spacial score (nSPS) is 11.3. The maximum Gasteiger partial charge on any atom is 0.312 e. The van der Waals surface area contributed by atoms with Gasteiger partial charge in [-0.25, -0.2) is 15.1 Å². The summed E-state index contributed by atoms with van der Waals surface area (Å²) in [6, 6.07) is 3.36. The largest absolute Gasteiger partial charge is 0.479 e. The van der Waals surface area contributed by atoms with Crippen LogP contribution in [0.15, 0.2) is 38.5 Å². The number of aliphatic imine (C=N–C) groups is 1. The van der Waals surface area contributed by atoms with E-state index in [1.807, 2.05) is 0 Å². The molecule has 0 amide bonds. The molecular weight excluding hydrogens is 238 g/mol. The first kappa shape index (κ1) is 10.3. The van der Waals surface area contributed by atoms with Crippen molar-refractivity contribution in [2.75, 3.05) is 0 Å². The molecule has 0 fully saturated rings. The molecule has 3 rings (SSSR count). The molecule has 3 aromatic rings. The van der Waals surface area contributed by atoms with Gasteiger partial charge in [0.25, 0.3) is 5.89 Å². The highest BCUT2D eigenvalue weighted by molar-refractivity contribution is 5.81. The number of H-pyrrole nitrogens is 1. The van der Waals surface area contributed by atoms with Crippen LogP contribution in [0.3, 0.4) is 0 Å². The molecule has 0 radical (unpaired) electrons. The Balaban J connectivity index is 1.89. The second-order valence-electron chi connectivity index (χ2n) is 3.25. The third-order valence-electron chi connectivity index (χ3n) is 2.08. The highest BCUT2D eigenvalue weighted by Crippen LogP contribution is 2.25. The first-order valence-corrected chi connectivity index (χ1v) is 4.96. The standard InChI is InChI=1S/C10H7N5O3/c16-9-6(4-11-10-12-5-13-15-10)14-8(18-9)7-2-1-3-17-7/h1-5,16H,(H,12,13,15). The monoisotopic (exact) mass is 245 g/mol. The summed E-state index contributed by atoms with van der Waals surface area (Å²) in [5.41, 5.74) is 0.179. The summed E-state index contributed by atoms with van der Waals surface area (Å²) in [5.74, 6) is 0.558. The molecule has 0 saturated carbocycles. The number of hydrogen-bond acceptors (Lipinski definition) is 7. The average Bonchev–Trinajstić information content (AvgIpc) is 3.09. The molecule has 0 aliphatic rings. The molecule has 0 saturated heterocycles. The zero-order valence-corrected chi connectivity index (χ0v) is 8.94. The van der Waals surface area contributed by atoms with Crippen molar-refractivity contribution in [2.45, 2.75) is 0 Å². The van der Waals surface area contributed by atoms with Crippen LogP contribution in [0.4, 0.5) is 5.95 Å². The Kier molecular flexibility index (Phi) is 2.38. The maximum atomic E-state index is 9.55. The van der Waals surface area contributed by atoms with Gasteiger partial charge in [-0.05, 0) is 12.1 Å². The van der Waals surface area contributed by atoms with E-state index in [1.54, 1.807) is 12.1 Å². The van der Waals surface area contributed by atoms with E-state index in [-0.39, 0.29) is 17.5 Å². The molecule has 0 aromatic carbocycles. The number of aromatic nitrogens is 4. The molecule has 0 spiro atoms. The lowest BCUT2D eigenvalue weighted by molar-refractivity contribution is 0.333. The molecule has 2 N–H and O–H groups in total. The topological polar surface area (TPSA) is 113 Å². The Morgan fingerprint density at radius 3 is 3.11 bits per heavy atom. The van der Waals surface area contributed by atoms with Gasteiger partial charge in [-0.1, -0.05) is 0 Å². The third kappa shape index (κ3) is 1.86. The summed E-state index contributed by atoms with van der Waals surface area (Å²) in [5, 5.41) is 15.7. The summed E-state index contributed by atoms with van der Waals surface area (Å²) >= 11 is 0. The molecule has 90 valence electrons. The van der Waals surface area contributed by atoms with Crippen LogP contribution in [0.25, 0.3) is 11.7 Å². The van der Waals surface area contributed by atoms with Gasteiger partial charge >= 0.3 is 5.95 Å². The lowest BCUT2D eigenvalue weighted by Crippen LogP contribution is -1.82. The third-order valence-corrected chi connectivity index (χ3v) is 2.08. The Labute approximate surface area is 100 Å². The quantitative estimate of drug-likeness (QED) is 0.676. The predicted molar refractivity (Wildman–Crippen MR) is 59.5 cm³/mol. The van der Waals surface area contributed by atoms with E-state index in [0.29, 0.717) is 11.7 Å². The lowest BCUT2D eigenvalue weighted by atomic mass is 10.4. The fourth-order valence-electron chi connectivity index (χ4n) is 1.30. The van der Waals surface area contributed by atoms with Crippen LogP contribution in [-0.4, -0.2) is 31.5 Å². The number of oxazole rings is 1. The second-order valence-corrected chi connectivity index (χ2v) is 3.25. The Morgan fingerprint density at radius 1 is 1.44 bits per heavy atom. The fourth-order valence-corrected chi connectivity index (χ4v) is 1.30. The summed E-state index contributed by atoms with van der Waals surface area (Å²) in [6.07, 6.45) is 4.12. The molecule has 0 aliphatic carbocycles. The van der Waals surface area contributed by atoms with Crippen molar-refractivity contribution in [3.8, 4) is 17.6 Å². The van der Waals surface area contributed by atoms with Crippen molar-refractivity contribution in [2.24, 2.45) is 4.99 Å². The second kappa shape index (κ2) is 4.17. The minimum absolute atomic E-state index is 0.177. The minimum atomic E-state index is -0.343. The van der Waals surface area contributed by atoms with Crippen molar-refractivity contribution in [1.82, 2.24) is 20.2 Å². The molecule has 8 nitrogen and oxygen atoms in total. The van der Waals surface area contributed by atoms with E-state index in [9.17, 15) is 5.11 Å². The fraction of sp³-hybridized carbons (Fsp3) is 0. The van der Waals surface area contributed by atoms with Crippen molar-refractivity contribution < 1.29 is 13.9 Å². The smallest absolute Gasteiger partial charge is 0.312 e. The van der Waals surface area contributed by atoms with Gasteiger partial charge in [0.1, 0.15) is 6.33 Å². The molecule has 8 heteroatoms. The predicted octanol–water partition coefficient (Wildman–Crippen LogP) is 1.51. The molecule has 3 aromatic heterocycles. The Bertz CT molecular complexity index is 654. The van der Waals surface area contributed by atoms with Crippen molar-refractivity contribution in [1.29, 1.82) is 0 Å². The summed E-state index contributed by atoms with van der Waals surface area (Å²) in [6.45, 7) is 0. The molecule has 0 unspecified atom stereocenters. The number of furan rings is 1. The van der Waals surface area contributed by atoms with Gasteiger partial charge in [0.2, 0.25) is 5.95 Å². The number of nitrogens with zero attached hydrogens (tertiary/aromatic N) is 4. The van der Waals surface area contributed by atoms with E-state index in [1.165, 1.54) is 18.8 Å². The molecule has 18 heavy (non-hydrogen) atoms. The summed E-state index contributed by atoms with van der Waals surface area (Å²) in [7, 11) is 0. The van der Waals surface area contributed by atoms with Gasteiger partial charge in [0.15, 0.2) is 11.5 Å². The number of hydrogen-bond donors (Lipinski definition) is 2. The molecule has 0 aliphatic heterocycles. The summed E-state index contributed by atoms with van der Waals surface area (Å²) in [4.78, 5) is 11.7. The van der Waals surface area contributed by atoms with Crippen molar-refractivity contribution >= 4 is 12.2 Å². The first-order valence-electron chi connectivity index (χ1n) is 4.96. The van der Waals surface area contributed by atoms with Gasteiger partial charge in [0, 0.05) is 0 Å². The highest BCUT2D eigenvalue weighted by Gasteiger charge is 2.14.